The van der Waals surface area contributed by atoms with Crippen LogP contribution in [0.2, 0.25) is 0 Å². The summed E-state index contributed by atoms with van der Waals surface area (Å²) in [5.41, 5.74) is 2.29. The first-order valence-corrected chi connectivity index (χ1v) is 7.84. The van der Waals surface area contributed by atoms with E-state index < -0.39 is 21.2 Å². The number of hydrazone groups is 1. The molecule has 0 unspecified atom stereocenters. The van der Waals surface area contributed by atoms with Gasteiger partial charge in [-0.25, -0.2) is 0 Å². The van der Waals surface area contributed by atoms with E-state index in [1.807, 2.05) is 0 Å². The van der Waals surface area contributed by atoms with Crippen molar-refractivity contribution in [3.8, 4) is 11.5 Å². The third kappa shape index (κ3) is 4.06. The molecule has 0 aliphatic rings. The molecule has 2 aromatic carbocycles. The van der Waals surface area contributed by atoms with Crippen LogP contribution in [0.25, 0.3) is 0 Å². The molecule has 11 heteroatoms. The van der Waals surface area contributed by atoms with E-state index in [1.54, 1.807) is 13.0 Å². The second-order valence-electron chi connectivity index (χ2n) is 5.03. The maximum Gasteiger partial charge on any atom is 0.301 e. The van der Waals surface area contributed by atoms with E-state index in [-0.39, 0.29) is 11.4 Å². The molecule has 2 aromatic rings. The van der Waals surface area contributed by atoms with Crippen molar-refractivity contribution < 1.29 is 19.7 Å². The molecule has 136 valence electrons. The van der Waals surface area contributed by atoms with Crippen molar-refractivity contribution in [2.24, 2.45) is 5.10 Å². The Hall–Kier alpha value is -3.21. The number of nitro groups is 2. The summed E-state index contributed by atoms with van der Waals surface area (Å²) in [5, 5.41) is 35.9. The Morgan fingerprint density at radius 1 is 1.23 bits per heavy atom. The number of anilines is 1. The monoisotopic (exact) mass is 424 g/mol. The lowest BCUT2D eigenvalue weighted by molar-refractivity contribution is -0.393. The van der Waals surface area contributed by atoms with Crippen LogP contribution in [-0.2, 0) is 0 Å². The van der Waals surface area contributed by atoms with Gasteiger partial charge in [-0.3, -0.25) is 25.7 Å². The van der Waals surface area contributed by atoms with E-state index in [4.69, 9.17) is 4.74 Å². The van der Waals surface area contributed by atoms with Gasteiger partial charge in [0.1, 0.15) is 17.2 Å². The quantitative estimate of drug-likeness (QED) is 0.407. The lowest BCUT2D eigenvalue weighted by atomic mass is 10.1. The Labute approximate surface area is 155 Å². The fourth-order valence-electron chi connectivity index (χ4n) is 2.07. The van der Waals surface area contributed by atoms with Crippen LogP contribution in [0.3, 0.4) is 0 Å². The molecular weight excluding hydrogens is 412 g/mol. The minimum absolute atomic E-state index is 0.0213. The van der Waals surface area contributed by atoms with E-state index in [1.165, 1.54) is 19.2 Å². The van der Waals surface area contributed by atoms with E-state index in [9.17, 15) is 25.3 Å². The van der Waals surface area contributed by atoms with Crippen molar-refractivity contribution in [2.45, 2.75) is 6.92 Å². The smallest absolute Gasteiger partial charge is 0.301 e. The first-order valence-electron chi connectivity index (χ1n) is 7.04. The molecule has 2 rings (SSSR count). The van der Waals surface area contributed by atoms with Gasteiger partial charge >= 0.3 is 5.69 Å². The summed E-state index contributed by atoms with van der Waals surface area (Å²) in [5.74, 6) is 0.337. The number of halogens is 1. The Morgan fingerprint density at radius 3 is 2.50 bits per heavy atom. The lowest BCUT2D eigenvalue weighted by Crippen LogP contribution is -2.03. The summed E-state index contributed by atoms with van der Waals surface area (Å²) >= 11 is 3.29. The normalized spacial score (nSPS) is 11.1. The predicted molar refractivity (Wildman–Crippen MR) is 97.9 cm³/mol. The molecule has 0 bridgehead atoms. The van der Waals surface area contributed by atoms with E-state index in [0.717, 1.165) is 12.1 Å². The first-order chi connectivity index (χ1) is 12.2. The molecule has 0 spiro atoms. The second kappa shape index (κ2) is 7.78. The van der Waals surface area contributed by atoms with E-state index >= 15 is 0 Å². The fraction of sp³-hybridized carbons (Fsp3) is 0.133. The number of ether oxygens (including phenoxy) is 1. The van der Waals surface area contributed by atoms with Crippen molar-refractivity contribution in [2.75, 3.05) is 12.5 Å². The van der Waals surface area contributed by atoms with Crippen LogP contribution >= 0.6 is 15.9 Å². The van der Waals surface area contributed by atoms with Gasteiger partial charge in [-0.1, -0.05) is 0 Å². The van der Waals surface area contributed by atoms with Gasteiger partial charge in [-0.2, -0.15) is 5.10 Å². The third-order valence-electron chi connectivity index (χ3n) is 3.39. The van der Waals surface area contributed by atoms with Crippen LogP contribution in [0.15, 0.2) is 39.9 Å². The van der Waals surface area contributed by atoms with E-state index in [2.05, 4.69) is 26.5 Å². The summed E-state index contributed by atoms with van der Waals surface area (Å²) < 4.78 is 5.66. The summed E-state index contributed by atoms with van der Waals surface area (Å²) in [6.45, 7) is 1.58. The zero-order valence-electron chi connectivity index (χ0n) is 13.6. The number of aromatic hydroxyl groups is 1. The average molecular weight is 425 g/mol. The topological polar surface area (TPSA) is 140 Å². The van der Waals surface area contributed by atoms with Gasteiger partial charge in [0.2, 0.25) is 0 Å². The molecule has 0 amide bonds. The molecule has 0 fully saturated rings. The van der Waals surface area contributed by atoms with Crippen molar-refractivity contribution in [1.82, 2.24) is 0 Å². The van der Waals surface area contributed by atoms with Gasteiger partial charge in [0.05, 0.1) is 33.2 Å². The molecule has 0 saturated carbocycles. The predicted octanol–water partition coefficient (Wildman–Crippen LogP) is 3.82. The number of nitrogens with one attached hydrogen (secondary N) is 1. The summed E-state index contributed by atoms with van der Waals surface area (Å²) in [6.07, 6.45) is 0. The highest BCUT2D eigenvalue weighted by Gasteiger charge is 2.19. The van der Waals surface area contributed by atoms with Crippen molar-refractivity contribution >= 4 is 38.7 Å². The van der Waals surface area contributed by atoms with Crippen LogP contribution in [-0.4, -0.2) is 27.8 Å². The fourth-order valence-corrected chi connectivity index (χ4v) is 2.58. The molecule has 2 N–H and O–H groups in total. The highest BCUT2D eigenvalue weighted by Crippen LogP contribution is 2.33. The standard InChI is InChI=1S/C15H13BrN4O6/c1-8(10-6-11(16)15(26-2)7-14(10)21)17-18-12-4-3-9(19(22)23)5-13(12)20(24)25/h3-7,18,21H,1-2H3/b17-8+. The summed E-state index contributed by atoms with van der Waals surface area (Å²) in [6, 6.07) is 6.14. The van der Waals surface area contributed by atoms with Crippen LogP contribution < -0.4 is 10.2 Å². The van der Waals surface area contributed by atoms with Gasteiger partial charge in [0, 0.05) is 17.7 Å². The second-order valence-corrected chi connectivity index (χ2v) is 5.88. The number of non-ortho nitro benzene ring substituents is 1. The molecule has 0 heterocycles. The number of nitro benzene ring substituents is 2. The highest BCUT2D eigenvalue weighted by atomic mass is 79.9. The minimum atomic E-state index is -0.748. The van der Waals surface area contributed by atoms with Gasteiger partial charge in [0.15, 0.2) is 0 Å². The Morgan fingerprint density at radius 2 is 1.92 bits per heavy atom. The SMILES string of the molecule is COc1cc(O)c(/C(C)=N/Nc2ccc([N+](=O)[O-])cc2[N+](=O)[O-])cc1Br. The third-order valence-corrected chi connectivity index (χ3v) is 4.01. The zero-order valence-corrected chi connectivity index (χ0v) is 15.2. The van der Waals surface area contributed by atoms with Crippen LogP contribution in [0.5, 0.6) is 11.5 Å². The number of benzene rings is 2. The van der Waals surface area contributed by atoms with Crippen LogP contribution in [0.1, 0.15) is 12.5 Å². The van der Waals surface area contributed by atoms with Gasteiger partial charge in [-0.05, 0) is 35.0 Å². The molecular formula is C15H13BrN4O6. The highest BCUT2D eigenvalue weighted by molar-refractivity contribution is 9.10. The molecule has 0 aliphatic carbocycles. The molecule has 0 saturated heterocycles. The van der Waals surface area contributed by atoms with Crippen LogP contribution in [0.4, 0.5) is 17.1 Å². The average Bonchev–Trinajstić information content (AvgIpc) is 2.60. The van der Waals surface area contributed by atoms with Crippen molar-refractivity contribution in [3.05, 3.63) is 60.6 Å². The number of phenolic OH excluding ortho intramolecular Hbond substituents is 1. The molecule has 26 heavy (non-hydrogen) atoms. The molecule has 0 aromatic heterocycles. The number of hydrogen-bond acceptors (Lipinski definition) is 8. The maximum atomic E-state index is 11.1. The van der Waals surface area contributed by atoms with Crippen LogP contribution in [0, 0.1) is 20.2 Å². The minimum Gasteiger partial charge on any atom is -0.507 e. The van der Waals surface area contributed by atoms with E-state index in [0.29, 0.717) is 21.5 Å². The Bertz CT molecular complexity index is 915. The molecule has 10 nitrogen and oxygen atoms in total. The Balaban J connectivity index is 2.36. The summed E-state index contributed by atoms with van der Waals surface area (Å²) in [7, 11) is 1.45. The zero-order chi connectivity index (χ0) is 19.4. The lowest BCUT2D eigenvalue weighted by Gasteiger charge is -2.09. The van der Waals surface area contributed by atoms with Gasteiger partial charge < -0.3 is 9.84 Å². The number of hydrogen-bond donors (Lipinski definition) is 2. The molecule has 0 aliphatic heterocycles. The number of rotatable bonds is 6. The van der Waals surface area contributed by atoms with Gasteiger partial charge in [0.25, 0.3) is 5.69 Å². The van der Waals surface area contributed by atoms with Crippen molar-refractivity contribution in [1.29, 1.82) is 0 Å². The van der Waals surface area contributed by atoms with Gasteiger partial charge in [-0.15, -0.1) is 0 Å². The first kappa shape index (κ1) is 19.1. The number of nitrogens with zero attached hydrogens (tertiary/aromatic N) is 3. The number of methoxy groups -OCH3 is 1. The largest absolute Gasteiger partial charge is 0.507 e. The molecule has 0 radical (unpaired) electrons. The maximum absolute atomic E-state index is 11.1. The van der Waals surface area contributed by atoms with Crippen molar-refractivity contribution in [3.63, 3.8) is 0 Å². The number of phenols is 1. The molecule has 0 atom stereocenters. The summed E-state index contributed by atoms with van der Waals surface area (Å²) in [4.78, 5) is 20.4. The Kier molecular flexibility index (Phi) is 5.72.